The van der Waals surface area contributed by atoms with E-state index in [-0.39, 0.29) is 28.6 Å². The second-order valence-electron chi connectivity index (χ2n) is 8.50. The van der Waals surface area contributed by atoms with Crippen LogP contribution in [0.4, 0.5) is 0 Å². The molecule has 5 aromatic rings. The van der Waals surface area contributed by atoms with Gasteiger partial charge in [-0.05, 0) is 64.9 Å². The van der Waals surface area contributed by atoms with Gasteiger partial charge in [0.05, 0.1) is 24.2 Å². The molecule has 0 saturated heterocycles. The minimum absolute atomic E-state index is 0.0576. The molecule has 0 saturated carbocycles. The number of sulfonamides is 1. The fourth-order valence-corrected chi connectivity index (χ4v) is 6.22. The molecule has 2 aromatic carbocycles. The number of furan rings is 1. The third-order valence-electron chi connectivity index (χ3n) is 5.91. The number of nitrogens with one attached hydrogen (secondary N) is 2. The first-order valence-electron chi connectivity index (χ1n) is 11.5. The van der Waals surface area contributed by atoms with Gasteiger partial charge in [-0.25, -0.2) is 8.42 Å². The number of halogens is 1. The van der Waals surface area contributed by atoms with E-state index in [4.69, 9.17) is 16.0 Å². The van der Waals surface area contributed by atoms with Crippen molar-refractivity contribution in [2.24, 2.45) is 0 Å². The fraction of sp³-hybridized carbons (Fsp3) is 0.111. The Morgan fingerprint density at radius 1 is 1.03 bits per heavy atom. The van der Waals surface area contributed by atoms with Crippen molar-refractivity contribution in [1.29, 1.82) is 0 Å². The lowest BCUT2D eigenvalue weighted by Gasteiger charge is -2.28. The first-order valence-corrected chi connectivity index (χ1v) is 14.3. The van der Waals surface area contributed by atoms with Gasteiger partial charge < -0.3 is 14.3 Å². The number of aromatic nitrogens is 1. The zero-order valence-corrected chi connectivity index (χ0v) is 22.2. The number of carbonyl (C=O) groups is 1. The predicted molar refractivity (Wildman–Crippen MR) is 146 cm³/mol. The van der Waals surface area contributed by atoms with E-state index in [0.717, 1.165) is 4.88 Å². The molecule has 5 rings (SSSR count). The summed E-state index contributed by atoms with van der Waals surface area (Å²) in [5.41, 5.74) is 0.525. The summed E-state index contributed by atoms with van der Waals surface area (Å²) in [4.78, 5) is 30.8. The zero-order chi connectivity index (χ0) is 26.7. The molecule has 2 N–H and O–H groups in total. The zero-order valence-electron chi connectivity index (χ0n) is 19.8. The summed E-state index contributed by atoms with van der Waals surface area (Å²) < 4.78 is 35.2. The number of amides is 1. The average Bonchev–Trinajstić information content (AvgIpc) is 3.61. The van der Waals surface area contributed by atoms with E-state index in [1.54, 1.807) is 36.4 Å². The molecule has 0 radical (unpaired) electrons. The molecule has 1 amide bonds. The average molecular weight is 568 g/mol. The Kier molecular flexibility index (Phi) is 7.48. The Balaban J connectivity index is 1.53. The van der Waals surface area contributed by atoms with E-state index < -0.39 is 22.0 Å². The van der Waals surface area contributed by atoms with Crippen molar-refractivity contribution in [2.45, 2.75) is 24.0 Å². The van der Waals surface area contributed by atoms with E-state index in [1.807, 2.05) is 17.5 Å². The van der Waals surface area contributed by atoms with Crippen molar-refractivity contribution in [3.8, 4) is 0 Å². The standard InChI is InChI=1S/C27H22ClN3O5S2/c28-23-8-2-1-7-22(23)26(27(33)31(16-19-5-3-13-36-19)17-20-6-4-14-37-20)30-38(34,35)21-10-11-24-18(15-21)9-12-25(32)29-24/h1-15,26,30H,16-17H2,(H,29,32)/t26-/m1/s1. The molecule has 3 heterocycles. The summed E-state index contributed by atoms with van der Waals surface area (Å²) in [6, 6.07) is 19.8. The molecule has 11 heteroatoms. The normalized spacial score (nSPS) is 12.4. The molecular formula is C27H22ClN3O5S2. The van der Waals surface area contributed by atoms with Gasteiger partial charge in [-0.1, -0.05) is 35.9 Å². The van der Waals surface area contributed by atoms with Crippen molar-refractivity contribution in [2.75, 3.05) is 0 Å². The minimum Gasteiger partial charge on any atom is -0.467 e. The molecule has 0 aliphatic carbocycles. The number of thiophene rings is 1. The lowest BCUT2D eigenvalue weighted by Crippen LogP contribution is -2.42. The van der Waals surface area contributed by atoms with Crippen LogP contribution in [0.25, 0.3) is 10.9 Å². The summed E-state index contributed by atoms with van der Waals surface area (Å²) in [6.07, 6.45) is 1.52. The third-order valence-corrected chi connectivity index (χ3v) is 8.53. The van der Waals surface area contributed by atoms with Gasteiger partial charge in [0, 0.05) is 21.5 Å². The maximum Gasteiger partial charge on any atom is 0.248 e. The maximum atomic E-state index is 14.1. The van der Waals surface area contributed by atoms with Crippen LogP contribution in [0.15, 0.2) is 105 Å². The molecule has 0 unspecified atom stereocenters. The number of pyridine rings is 1. The molecule has 1 atom stereocenters. The topological polar surface area (TPSA) is 112 Å². The summed E-state index contributed by atoms with van der Waals surface area (Å²) >= 11 is 7.95. The smallest absolute Gasteiger partial charge is 0.248 e. The van der Waals surface area contributed by atoms with Gasteiger partial charge in [0.1, 0.15) is 11.8 Å². The van der Waals surface area contributed by atoms with Crippen LogP contribution in [-0.2, 0) is 27.9 Å². The number of H-pyrrole nitrogens is 1. The monoisotopic (exact) mass is 567 g/mol. The Hall–Kier alpha value is -3.70. The van der Waals surface area contributed by atoms with E-state index in [2.05, 4.69) is 9.71 Å². The van der Waals surface area contributed by atoms with Gasteiger partial charge in [0.25, 0.3) is 0 Å². The number of aromatic amines is 1. The molecule has 0 spiro atoms. The molecule has 0 aliphatic heterocycles. The Morgan fingerprint density at radius 3 is 2.61 bits per heavy atom. The molecule has 0 bridgehead atoms. The summed E-state index contributed by atoms with van der Waals surface area (Å²) in [6.45, 7) is 0.388. The van der Waals surface area contributed by atoms with Crippen molar-refractivity contribution >= 4 is 49.8 Å². The number of benzene rings is 2. The summed E-state index contributed by atoms with van der Waals surface area (Å²) in [5, 5.41) is 2.69. The first-order chi connectivity index (χ1) is 18.3. The van der Waals surface area contributed by atoms with Crippen LogP contribution in [0.3, 0.4) is 0 Å². The van der Waals surface area contributed by atoms with Gasteiger partial charge in [-0.2, -0.15) is 4.72 Å². The quantitative estimate of drug-likeness (QED) is 0.258. The number of fused-ring (bicyclic) bond motifs is 1. The molecule has 0 fully saturated rings. The van der Waals surface area contributed by atoms with Crippen LogP contribution >= 0.6 is 22.9 Å². The highest BCUT2D eigenvalue weighted by atomic mass is 35.5. The van der Waals surface area contributed by atoms with E-state index in [1.165, 1.54) is 52.8 Å². The first kappa shape index (κ1) is 25.9. The van der Waals surface area contributed by atoms with Gasteiger partial charge in [0.2, 0.25) is 21.5 Å². The van der Waals surface area contributed by atoms with Gasteiger partial charge in [-0.3, -0.25) is 9.59 Å². The number of rotatable bonds is 9. The van der Waals surface area contributed by atoms with Crippen LogP contribution in [-0.4, -0.2) is 24.2 Å². The molecular weight excluding hydrogens is 546 g/mol. The van der Waals surface area contributed by atoms with Crippen LogP contribution in [0.2, 0.25) is 5.02 Å². The largest absolute Gasteiger partial charge is 0.467 e. The van der Waals surface area contributed by atoms with Crippen molar-refractivity contribution in [1.82, 2.24) is 14.6 Å². The Morgan fingerprint density at radius 2 is 1.87 bits per heavy atom. The van der Waals surface area contributed by atoms with E-state index in [9.17, 15) is 18.0 Å². The number of nitrogens with zero attached hydrogens (tertiary/aromatic N) is 1. The van der Waals surface area contributed by atoms with Crippen LogP contribution < -0.4 is 10.3 Å². The Bertz CT molecular complexity index is 1700. The molecule has 38 heavy (non-hydrogen) atoms. The minimum atomic E-state index is -4.20. The highest BCUT2D eigenvalue weighted by molar-refractivity contribution is 7.89. The number of hydrogen-bond donors (Lipinski definition) is 2. The SMILES string of the molecule is O=C([C@H](NS(=O)(=O)c1ccc2[nH]c(=O)ccc2c1)c1ccccc1Cl)N(Cc1ccco1)Cc1cccs1. The van der Waals surface area contributed by atoms with Crippen LogP contribution in [0.5, 0.6) is 0 Å². The van der Waals surface area contributed by atoms with Crippen molar-refractivity contribution in [3.05, 3.63) is 122 Å². The fourth-order valence-electron chi connectivity index (χ4n) is 4.05. The molecule has 0 aliphatic rings. The van der Waals surface area contributed by atoms with E-state index >= 15 is 0 Å². The number of hydrogen-bond acceptors (Lipinski definition) is 6. The maximum absolute atomic E-state index is 14.1. The van der Waals surface area contributed by atoms with Gasteiger partial charge in [-0.15, -0.1) is 11.3 Å². The lowest BCUT2D eigenvalue weighted by atomic mass is 10.1. The van der Waals surface area contributed by atoms with E-state index in [0.29, 0.717) is 22.2 Å². The second kappa shape index (κ2) is 11.0. The summed E-state index contributed by atoms with van der Waals surface area (Å²) in [5.74, 6) is 0.0655. The van der Waals surface area contributed by atoms with Crippen LogP contribution in [0, 0.1) is 0 Å². The van der Waals surface area contributed by atoms with Gasteiger partial charge in [0.15, 0.2) is 0 Å². The van der Waals surface area contributed by atoms with Crippen LogP contribution in [0.1, 0.15) is 22.2 Å². The Labute approximate surface area is 227 Å². The van der Waals surface area contributed by atoms with Gasteiger partial charge >= 0.3 is 0 Å². The molecule has 8 nitrogen and oxygen atoms in total. The predicted octanol–water partition coefficient (Wildman–Crippen LogP) is 5.08. The third kappa shape index (κ3) is 5.73. The highest BCUT2D eigenvalue weighted by Crippen LogP contribution is 2.29. The second-order valence-corrected chi connectivity index (χ2v) is 11.7. The molecule has 3 aromatic heterocycles. The number of carbonyl (C=O) groups excluding carboxylic acids is 1. The lowest BCUT2D eigenvalue weighted by molar-refractivity contribution is -0.134. The highest BCUT2D eigenvalue weighted by Gasteiger charge is 2.33. The van der Waals surface area contributed by atoms with Crippen molar-refractivity contribution < 1.29 is 17.6 Å². The van der Waals surface area contributed by atoms with Crippen molar-refractivity contribution in [3.63, 3.8) is 0 Å². The molecule has 194 valence electrons. The summed E-state index contributed by atoms with van der Waals surface area (Å²) in [7, 11) is -4.20.